The van der Waals surface area contributed by atoms with E-state index in [1.807, 2.05) is 37.3 Å². The average Bonchev–Trinajstić information content (AvgIpc) is 2.41. The molecule has 2 rings (SSSR count). The Morgan fingerprint density at radius 3 is 2.72 bits per heavy atom. The van der Waals surface area contributed by atoms with Crippen molar-refractivity contribution >= 4 is 0 Å². The predicted octanol–water partition coefficient (Wildman–Crippen LogP) is 2.03. The van der Waals surface area contributed by atoms with Gasteiger partial charge >= 0.3 is 0 Å². The molecular weight excluding hydrogens is 226 g/mol. The van der Waals surface area contributed by atoms with Gasteiger partial charge in [0, 0.05) is 37.7 Å². The van der Waals surface area contributed by atoms with E-state index >= 15 is 0 Å². The standard InChI is InChI=1S/C14H17N3O/c1-12(18-14-4-2-3-7-17-14)10-16-11-13-5-8-15-9-6-13/h2-9,12,16H,10-11H2,1H3. The van der Waals surface area contributed by atoms with Gasteiger partial charge in [0.25, 0.3) is 0 Å². The smallest absolute Gasteiger partial charge is 0.213 e. The van der Waals surface area contributed by atoms with Crippen LogP contribution in [0.1, 0.15) is 12.5 Å². The molecule has 0 bridgehead atoms. The molecule has 0 aliphatic carbocycles. The normalized spacial score (nSPS) is 12.1. The molecule has 1 N–H and O–H groups in total. The lowest BCUT2D eigenvalue weighted by Gasteiger charge is -2.14. The van der Waals surface area contributed by atoms with Gasteiger partial charge in [-0.1, -0.05) is 6.07 Å². The van der Waals surface area contributed by atoms with E-state index in [2.05, 4.69) is 15.3 Å². The maximum atomic E-state index is 5.67. The Bertz CT molecular complexity index is 447. The van der Waals surface area contributed by atoms with Crippen LogP contribution >= 0.6 is 0 Å². The molecule has 4 nitrogen and oxygen atoms in total. The highest BCUT2D eigenvalue weighted by molar-refractivity contribution is 5.10. The summed E-state index contributed by atoms with van der Waals surface area (Å²) in [7, 11) is 0. The molecule has 0 aliphatic rings. The third kappa shape index (κ3) is 4.14. The largest absolute Gasteiger partial charge is 0.473 e. The second-order valence-corrected chi connectivity index (χ2v) is 4.08. The van der Waals surface area contributed by atoms with Crippen LogP contribution in [0.3, 0.4) is 0 Å². The fourth-order valence-corrected chi connectivity index (χ4v) is 1.59. The number of nitrogens with one attached hydrogen (secondary N) is 1. The highest BCUT2D eigenvalue weighted by Crippen LogP contribution is 2.05. The molecule has 2 heterocycles. The van der Waals surface area contributed by atoms with Crippen molar-refractivity contribution < 1.29 is 4.74 Å². The molecule has 0 spiro atoms. The number of ether oxygens (including phenoxy) is 1. The van der Waals surface area contributed by atoms with Crippen LogP contribution in [0, 0.1) is 0 Å². The van der Waals surface area contributed by atoms with E-state index in [-0.39, 0.29) is 6.10 Å². The Morgan fingerprint density at radius 1 is 1.17 bits per heavy atom. The molecule has 0 fully saturated rings. The average molecular weight is 243 g/mol. The molecule has 4 heteroatoms. The fraction of sp³-hybridized carbons (Fsp3) is 0.286. The second kappa shape index (κ2) is 6.71. The SMILES string of the molecule is CC(CNCc1ccncc1)Oc1ccccn1. The lowest BCUT2D eigenvalue weighted by Crippen LogP contribution is -2.28. The van der Waals surface area contributed by atoms with Gasteiger partial charge in [0.2, 0.25) is 5.88 Å². The highest BCUT2D eigenvalue weighted by Gasteiger charge is 2.03. The van der Waals surface area contributed by atoms with Crippen molar-refractivity contribution in [1.29, 1.82) is 0 Å². The summed E-state index contributed by atoms with van der Waals surface area (Å²) in [5.74, 6) is 0.663. The van der Waals surface area contributed by atoms with Gasteiger partial charge in [0.05, 0.1) is 0 Å². The monoisotopic (exact) mass is 243 g/mol. The van der Waals surface area contributed by atoms with Gasteiger partial charge in [0.1, 0.15) is 6.10 Å². The van der Waals surface area contributed by atoms with Crippen LogP contribution in [0.4, 0.5) is 0 Å². The third-order valence-corrected chi connectivity index (χ3v) is 2.47. The van der Waals surface area contributed by atoms with E-state index in [1.165, 1.54) is 5.56 Å². The molecular formula is C14H17N3O. The Balaban J connectivity index is 1.71. The predicted molar refractivity (Wildman–Crippen MR) is 70.3 cm³/mol. The zero-order valence-electron chi connectivity index (χ0n) is 10.4. The van der Waals surface area contributed by atoms with Gasteiger partial charge < -0.3 is 10.1 Å². The zero-order chi connectivity index (χ0) is 12.6. The first-order chi connectivity index (χ1) is 8.84. The van der Waals surface area contributed by atoms with Gasteiger partial charge in [-0.25, -0.2) is 4.98 Å². The minimum Gasteiger partial charge on any atom is -0.473 e. The third-order valence-electron chi connectivity index (χ3n) is 2.47. The van der Waals surface area contributed by atoms with Crippen LogP contribution < -0.4 is 10.1 Å². The molecule has 0 aromatic carbocycles. The summed E-state index contributed by atoms with van der Waals surface area (Å²) >= 11 is 0. The van der Waals surface area contributed by atoms with Gasteiger partial charge in [-0.2, -0.15) is 0 Å². The van der Waals surface area contributed by atoms with E-state index in [9.17, 15) is 0 Å². The summed E-state index contributed by atoms with van der Waals surface area (Å²) < 4.78 is 5.67. The van der Waals surface area contributed by atoms with Gasteiger partial charge in [-0.15, -0.1) is 0 Å². The fourth-order valence-electron chi connectivity index (χ4n) is 1.59. The summed E-state index contributed by atoms with van der Waals surface area (Å²) in [6.07, 6.45) is 5.41. The lowest BCUT2D eigenvalue weighted by atomic mass is 10.2. The summed E-state index contributed by atoms with van der Waals surface area (Å²) in [6.45, 7) is 3.62. The van der Waals surface area contributed by atoms with E-state index in [0.717, 1.165) is 13.1 Å². The van der Waals surface area contributed by atoms with E-state index < -0.39 is 0 Å². The van der Waals surface area contributed by atoms with Crippen LogP contribution in [-0.2, 0) is 6.54 Å². The maximum absolute atomic E-state index is 5.67. The van der Waals surface area contributed by atoms with Gasteiger partial charge in [-0.05, 0) is 30.7 Å². The van der Waals surface area contributed by atoms with E-state index in [4.69, 9.17) is 4.74 Å². The molecule has 18 heavy (non-hydrogen) atoms. The number of rotatable bonds is 6. The minimum absolute atomic E-state index is 0.0849. The van der Waals surface area contributed by atoms with Crippen molar-refractivity contribution in [3.8, 4) is 5.88 Å². The van der Waals surface area contributed by atoms with E-state index in [0.29, 0.717) is 5.88 Å². The number of pyridine rings is 2. The molecule has 0 saturated carbocycles. The van der Waals surface area contributed by atoms with Crippen molar-refractivity contribution in [3.63, 3.8) is 0 Å². The summed E-state index contributed by atoms with van der Waals surface area (Å²) in [4.78, 5) is 8.11. The Morgan fingerprint density at radius 2 is 2.00 bits per heavy atom. The summed E-state index contributed by atoms with van der Waals surface area (Å²) in [5.41, 5.74) is 1.22. The highest BCUT2D eigenvalue weighted by atomic mass is 16.5. The van der Waals surface area contributed by atoms with Gasteiger partial charge in [-0.3, -0.25) is 4.98 Å². The first-order valence-corrected chi connectivity index (χ1v) is 6.02. The Hall–Kier alpha value is -1.94. The molecule has 0 saturated heterocycles. The summed E-state index contributed by atoms with van der Waals surface area (Å²) in [5, 5.41) is 3.34. The van der Waals surface area contributed by atoms with Crippen LogP contribution in [0.2, 0.25) is 0 Å². The molecule has 94 valence electrons. The second-order valence-electron chi connectivity index (χ2n) is 4.08. The maximum Gasteiger partial charge on any atom is 0.213 e. The molecule has 1 atom stereocenters. The van der Waals surface area contributed by atoms with Crippen LogP contribution in [0.25, 0.3) is 0 Å². The molecule has 1 unspecified atom stereocenters. The molecule has 0 amide bonds. The number of hydrogen-bond donors (Lipinski definition) is 1. The number of nitrogens with zero attached hydrogens (tertiary/aromatic N) is 2. The molecule has 0 radical (unpaired) electrons. The van der Waals surface area contributed by atoms with Crippen molar-refractivity contribution in [2.75, 3.05) is 6.54 Å². The first-order valence-electron chi connectivity index (χ1n) is 6.02. The van der Waals surface area contributed by atoms with Crippen LogP contribution in [-0.4, -0.2) is 22.6 Å². The zero-order valence-corrected chi connectivity index (χ0v) is 10.4. The molecule has 0 aliphatic heterocycles. The van der Waals surface area contributed by atoms with Crippen molar-refractivity contribution in [2.24, 2.45) is 0 Å². The number of aromatic nitrogens is 2. The van der Waals surface area contributed by atoms with Crippen molar-refractivity contribution in [3.05, 3.63) is 54.5 Å². The topological polar surface area (TPSA) is 47.0 Å². The molecule has 2 aromatic rings. The van der Waals surface area contributed by atoms with Crippen molar-refractivity contribution in [1.82, 2.24) is 15.3 Å². The first kappa shape index (κ1) is 12.5. The van der Waals surface area contributed by atoms with Crippen LogP contribution in [0.5, 0.6) is 5.88 Å². The number of hydrogen-bond acceptors (Lipinski definition) is 4. The Labute approximate surface area is 107 Å². The minimum atomic E-state index is 0.0849. The van der Waals surface area contributed by atoms with Gasteiger partial charge in [0.15, 0.2) is 0 Å². The Kier molecular flexibility index (Phi) is 4.67. The quantitative estimate of drug-likeness (QED) is 0.843. The summed E-state index contributed by atoms with van der Waals surface area (Å²) in [6, 6.07) is 9.65. The lowest BCUT2D eigenvalue weighted by molar-refractivity contribution is 0.208. The van der Waals surface area contributed by atoms with Crippen molar-refractivity contribution in [2.45, 2.75) is 19.6 Å². The van der Waals surface area contributed by atoms with E-state index in [1.54, 1.807) is 18.6 Å². The van der Waals surface area contributed by atoms with Crippen LogP contribution in [0.15, 0.2) is 48.9 Å². The molecule has 2 aromatic heterocycles.